The summed E-state index contributed by atoms with van der Waals surface area (Å²) in [7, 11) is 1.63. The molecule has 74 valence electrons. The first-order valence-corrected chi connectivity index (χ1v) is 5.20. The third-order valence-corrected chi connectivity index (χ3v) is 3.38. The van der Waals surface area contributed by atoms with Gasteiger partial charge in [-0.2, -0.15) is 0 Å². The van der Waals surface area contributed by atoms with Crippen molar-refractivity contribution in [3.05, 3.63) is 21.3 Å². The van der Waals surface area contributed by atoms with Gasteiger partial charge >= 0.3 is 0 Å². The highest BCUT2D eigenvalue weighted by Crippen LogP contribution is 2.21. The van der Waals surface area contributed by atoms with Crippen LogP contribution in [0.3, 0.4) is 0 Å². The predicted octanol–water partition coefficient (Wildman–Crippen LogP) is 1.14. The minimum Gasteiger partial charge on any atom is -0.369 e. The predicted molar refractivity (Wildman–Crippen MR) is 58.7 cm³/mol. The molecular weight excluding hydrogens is 198 g/mol. The number of thiophene rings is 1. The molecule has 2 rings (SSSR count). The Kier molecular flexibility index (Phi) is 2.03. The Bertz CT molecular complexity index is 541. The van der Waals surface area contributed by atoms with Crippen molar-refractivity contribution in [2.45, 2.75) is 13.3 Å². The summed E-state index contributed by atoms with van der Waals surface area (Å²) < 4.78 is 1.37. The summed E-state index contributed by atoms with van der Waals surface area (Å²) in [6.45, 7) is 2.05. The van der Waals surface area contributed by atoms with Crippen molar-refractivity contribution in [1.29, 1.82) is 0 Å². The SMILES string of the molecule is CCc1cc2c(=O)n(C)c(N)nc2s1. The van der Waals surface area contributed by atoms with Crippen LogP contribution in [0.5, 0.6) is 0 Å². The van der Waals surface area contributed by atoms with Crippen LogP contribution in [0.1, 0.15) is 11.8 Å². The van der Waals surface area contributed by atoms with Crippen molar-refractivity contribution in [3.8, 4) is 0 Å². The second kappa shape index (κ2) is 3.09. The molecule has 0 radical (unpaired) electrons. The fourth-order valence-electron chi connectivity index (χ4n) is 1.31. The number of aromatic nitrogens is 2. The Balaban J connectivity index is 2.88. The number of hydrogen-bond donors (Lipinski definition) is 1. The molecule has 0 aromatic carbocycles. The van der Waals surface area contributed by atoms with E-state index in [9.17, 15) is 4.79 Å². The second-order valence-corrected chi connectivity index (χ2v) is 4.23. The summed E-state index contributed by atoms with van der Waals surface area (Å²) in [6, 6.07) is 1.90. The molecule has 0 unspecified atom stereocenters. The Morgan fingerprint density at radius 1 is 1.64 bits per heavy atom. The number of nitrogen functional groups attached to an aromatic ring is 1. The molecule has 0 atom stereocenters. The van der Waals surface area contributed by atoms with Gasteiger partial charge in [0.25, 0.3) is 5.56 Å². The molecule has 5 heteroatoms. The first kappa shape index (κ1) is 9.21. The zero-order valence-electron chi connectivity index (χ0n) is 8.07. The molecule has 2 N–H and O–H groups in total. The van der Waals surface area contributed by atoms with Crippen molar-refractivity contribution in [2.24, 2.45) is 7.05 Å². The normalized spacial score (nSPS) is 11.0. The van der Waals surface area contributed by atoms with E-state index in [2.05, 4.69) is 11.9 Å². The monoisotopic (exact) mass is 209 g/mol. The molecule has 0 saturated heterocycles. The van der Waals surface area contributed by atoms with E-state index in [1.807, 2.05) is 6.07 Å². The molecule has 14 heavy (non-hydrogen) atoms. The summed E-state index contributed by atoms with van der Waals surface area (Å²) >= 11 is 1.53. The van der Waals surface area contributed by atoms with Gasteiger partial charge in [-0.25, -0.2) is 4.98 Å². The van der Waals surface area contributed by atoms with E-state index in [-0.39, 0.29) is 11.5 Å². The fraction of sp³-hybridized carbons (Fsp3) is 0.333. The van der Waals surface area contributed by atoms with Crippen molar-refractivity contribution < 1.29 is 0 Å². The second-order valence-electron chi connectivity index (χ2n) is 3.12. The minimum absolute atomic E-state index is 0.0662. The van der Waals surface area contributed by atoms with Gasteiger partial charge in [0.2, 0.25) is 5.95 Å². The number of nitrogens with zero attached hydrogens (tertiary/aromatic N) is 2. The zero-order valence-corrected chi connectivity index (χ0v) is 8.89. The Hall–Kier alpha value is -1.36. The lowest BCUT2D eigenvalue weighted by Crippen LogP contribution is -2.20. The first-order valence-electron chi connectivity index (χ1n) is 4.38. The van der Waals surface area contributed by atoms with Gasteiger partial charge < -0.3 is 5.73 Å². The minimum atomic E-state index is -0.0662. The molecule has 0 aliphatic rings. The maximum atomic E-state index is 11.7. The van der Waals surface area contributed by atoms with Crippen molar-refractivity contribution >= 4 is 27.5 Å². The number of fused-ring (bicyclic) bond motifs is 1. The van der Waals surface area contributed by atoms with Gasteiger partial charge in [-0.3, -0.25) is 9.36 Å². The average molecular weight is 209 g/mol. The van der Waals surface area contributed by atoms with E-state index >= 15 is 0 Å². The lowest BCUT2D eigenvalue weighted by atomic mass is 10.3. The first-order chi connectivity index (χ1) is 6.63. The van der Waals surface area contributed by atoms with Crippen LogP contribution in [-0.2, 0) is 13.5 Å². The molecule has 0 bridgehead atoms. The molecule has 4 nitrogen and oxygen atoms in total. The summed E-state index contributed by atoms with van der Waals surface area (Å²) in [6.07, 6.45) is 0.921. The number of hydrogen-bond acceptors (Lipinski definition) is 4. The summed E-state index contributed by atoms with van der Waals surface area (Å²) in [5.41, 5.74) is 5.53. The molecule has 0 spiro atoms. The van der Waals surface area contributed by atoms with Gasteiger partial charge in [-0.05, 0) is 12.5 Å². The van der Waals surface area contributed by atoms with Gasteiger partial charge in [0.05, 0.1) is 5.39 Å². The topological polar surface area (TPSA) is 60.9 Å². The summed E-state index contributed by atoms with van der Waals surface area (Å²) in [5.74, 6) is 0.270. The molecule has 0 aliphatic carbocycles. The molecule has 0 amide bonds. The largest absolute Gasteiger partial charge is 0.369 e. The lowest BCUT2D eigenvalue weighted by molar-refractivity contribution is 0.863. The smallest absolute Gasteiger partial charge is 0.263 e. The van der Waals surface area contributed by atoms with E-state index in [0.29, 0.717) is 5.39 Å². The van der Waals surface area contributed by atoms with Crippen LogP contribution < -0.4 is 11.3 Å². The van der Waals surface area contributed by atoms with Crippen molar-refractivity contribution in [2.75, 3.05) is 5.73 Å². The van der Waals surface area contributed by atoms with Crippen LogP contribution in [0.2, 0.25) is 0 Å². The highest BCUT2D eigenvalue weighted by Gasteiger charge is 2.08. The van der Waals surface area contributed by atoms with Gasteiger partial charge in [-0.15, -0.1) is 11.3 Å². The number of rotatable bonds is 1. The van der Waals surface area contributed by atoms with E-state index in [1.165, 1.54) is 15.9 Å². The Morgan fingerprint density at radius 2 is 2.36 bits per heavy atom. The van der Waals surface area contributed by atoms with Crippen LogP contribution >= 0.6 is 11.3 Å². The molecule has 2 heterocycles. The van der Waals surface area contributed by atoms with Crippen LogP contribution in [0.4, 0.5) is 5.95 Å². The summed E-state index contributed by atoms with van der Waals surface area (Å²) in [5, 5.41) is 0.670. The fourth-order valence-corrected chi connectivity index (χ4v) is 2.27. The maximum absolute atomic E-state index is 11.7. The van der Waals surface area contributed by atoms with E-state index in [0.717, 1.165) is 16.1 Å². The van der Waals surface area contributed by atoms with E-state index < -0.39 is 0 Å². The van der Waals surface area contributed by atoms with Gasteiger partial charge in [0.15, 0.2) is 0 Å². The summed E-state index contributed by atoms with van der Waals surface area (Å²) in [4.78, 5) is 17.8. The quantitative estimate of drug-likeness (QED) is 0.766. The molecule has 0 fully saturated rings. The van der Waals surface area contributed by atoms with Crippen molar-refractivity contribution in [1.82, 2.24) is 9.55 Å². The zero-order chi connectivity index (χ0) is 10.3. The van der Waals surface area contributed by atoms with Crippen LogP contribution in [0.25, 0.3) is 10.2 Å². The standard InChI is InChI=1S/C9H11N3OS/c1-3-5-4-6-7(14-5)11-9(10)12(2)8(6)13/h4H,3H2,1-2H3,(H2,10,11). The molecule has 2 aromatic heterocycles. The third-order valence-electron chi connectivity index (χ3n) is 2.21. The average Bonchev–Trinajstić information content (AvgIpc) is 2.57. The van der Waals surface area contributed by atoms with Gasteiger partial charge in [0.1, 0.15) is 4.83 Å². The highest BCUT2D eigenvalue weighted by molar-refractivity contribution is 7.18. The molecule has 0 aliphatic heterocycles. The third kappa shape index (κ3) is 1.21. The van der Waals surface area contributed by atoms with E-state index in [1.54, 1.807) is 7.05 Å². The number of nitrogens with two attached hydrogens (primary N) is 1. The molecular formula is C9H11N3OS. The van der Waals surface area contributed by atoms with Crippen LogP contribution in [-0.4, -0.2) is 9.55 Å². The maximum Gasteiger partial charge on any atom is 0.263 e. The van der Waals surface area contributed by atoms with Crippen LogP contribution in [0.15, 0.2) is 10.9 Å². The van der Waals surface area contributed by atoms with Gasteiger partial charge in [0, 0.05) is 11.9 Å². The highest BCUT2D eigenvalue weighted by atomic mass is 32.1. The van der Waals surface area contributed by atoms with Crippen LogP contribution in [0, 0.1) is 0 Å². The molecule has 2 aromatic rings. The van der Waals surface area contributed by atoms with Gasteiger partial charge in [-0.1, -0.05) is 6.92 Å². The Morgan fingerprint density at radius 3 is 3.00 bits per heavy atom. The lowest BCUT2D eigenvalue weighted by Gasteiger charge is -1.99. The van der Waals surface area contributed by atoms with Crippen molar-refractivity contribution in [3.63, 3.8) is 0 Å². The number of aryl methyl sites for hydroxylation is 1. The molecule has 0 saturated carbocycles. The number of anilines is 1. The Labute approximate surface area is 85.0 Å². The van der Waals surface area contributed by atoms with E-state index in [4.69, 9.17) is 5.73 Å².